The van der Waals surface area contributed by atoms with Gasteiger partial charge in [0.2, 0.25) is 0 Å². The Bertz CT molecular complexity index is 900. The van der Waals surface area contributed by atoms with Crippen LogP contribution in [0.5, 0.6) is 0 Å². The second-order valence-corrected chi connectivity index (χ2v) is 6.77. The second kappa shape index (κ2) is 7.17. The Morgan fingerprint density at radius 1 is 0.731 bits per heavy atom. The van der Waals surface area contributed by atoms with Crippen LogP contribution in [-0.4, -0.2) is 17.8 Å². The number of amidine groups is 1. The van der Waals surface area contributed by atoms with Crippen molar-refractivity contribution in [3.8, 4) is 0 Å². The number of nitrogens with zero attached hydrogens (tertiary/aromatic N) is 2. The number of fused-ring (bicyclic) bond motifs is 1. The summed E-state index contributed by atoms with van der Waals surface area (Å²) in [5.41, 5.74) is 5.18. The molecule has 0 spiro atoms. The van der Waals surface area contributed by atoms with Gasteiger partial charge in [0.15, 0.2) is 0 Å². The van der Waals surface area contributed by atoms with Crippen LogP contribution in [0.1, 0.15) is 47.7 Å². The Hall–Kier alpha value is -2.87. The SMILES string of the molecule is CCC1=NC(c2ccccc2)c2ccccc2C(c2ccccc2)N1C. The molecule has 2 atom stereocenters. The number of rotatable bonds is 3. The molecular weight excluding hydrogens is 316 g/mol. The molecule has 3 aromatic rings. The summed E-state index contributed by atoms with van der Waals surface area (Å²) in [6.45, 7) is 2.19. The van der Waals surface area contributed by atoms with Crippen LogP contribution in [-0.2, 0) is 0 Å². The number of aliphatic imine (C=N–C) groups is 1. The second-order valence-electron chi connectivity index (χ2n) is 6.77. The summed E-state index contributed by atoms with van der Waals surface area (Å²) in [4.78, 5) is 7.55. The maximum Gasteiger partial charge on any atom is 0.102 e. The van der Waals surface area contributed by atoms with E-state index in [1.165, 1.54) is 22.3 Å². The molecule has 1 heterocycles. The normalized spacial score (nSPS) is 19.5. The summed E-state index contributed by atoms with van der Waals surface area (Å²) >= 11 is 0. The molecule has 3 aromatic carbocycles. The van der Waals surface area contributed by atoms with Crippen LogP contribution in [0.15, 0.2) is 89.9 Å². The van der Waals surface area contributed by atoms with Gasteiger partial charge in [0.25, 0.3) is 0 Å². The maximum atomic E-state index is 5.20. The van der Waals surface area contributed by atoms with Crippen LogP contribution in [0, 0.1) is 0 Å². The molecular formula is C24H24N2. The third-order valence-electron chi connectivity index (χ3n) is 5.20. The highest BCUT2D eigenvalue weighted by molar-refractivity contribution is 5.84. The molecule has 0 N–H and O–H groups in total. The minimum absolute atomic E-state index is 0.0403. The summed E-state index contributed by atoms with van der Waals surface area (Å²) in [5.74, 6) is 1.14. The zero-order valence-electron chi connectivity index (χ0n) is 15.3. The van der Waals surface area contributed by atoms with Crippen LogP contribution in [0.2, 0.25) is 0 Å². The number of hydrogen-bond acceptors (Lipinski definition) is 2. The fraction of sp³-hybridized carbons (Fsp3) is 0.208. The lowest BCUT2D eigenvalue weighted by Gasteiger charge is -2.30. The first kappa shape index (κ1) is 16.6. The third kappa shape index (κ3) is 2.92. The van der Waals surface area contributed by atoms with Gasteiger partial charge >= 0.3 is 0 Å². The van der Waals surface area contributed by atoms with E-state index in [2.05, 4.69) is 104 Å². The largest absolute Gasteiger partial charge is 0.352 e. The van der Waals surface area contributed by atoms with E-state index in [0.717, 1.165) is 12.3 Å². The smallest absolute Gasteiger partial charge is 0.102 e. The van der Waals surface area contributed by atoms with Gasteiger partial charge in [-0.25, -0.2) is 0 Å². The third-order valence-corrected chi connectivity index (χ3v) is 5.20. The lowest BCUT2D eigenvalue weighted by atomic mass is 9.89. The molecule has 0 saturated carbocycles. The van der Waals surface area contributed by atoms with Crippen molar-refractivity contribution in [3.05, 3.63) is 107 Å². The van der Waals surface area contributed by atoms with Gasteiger partial charge in [0.05, 0.1) is 6.04 Å². The highest BCUT2D eigenvalue weighted by atomic mass is 15.2. The van der Waals surface area contributed by atoms with Crippen molar-refractivity contribution >= 4 is 5.84 Å². The van der Waals surface area contributed by atoms with Crippen molar-refractivity contribution < 1.29 is 0 Å². The topological polar surface area (TPSA) is 15.6 Å². The van der Waals surface area contributed by atoms with Crippen LogP contribution in [0.3, 0.4) is 0 Å². The monoisotopic (exact) mass is 340 g/mol. The van der Waals surface area contributed by atoms with Crippen LogP contribution in [0.25, 0.3) is 0 Å². The Labute approximate surface area is 155 Å². The van der Waals surface area contributed by atoms with E-state index in [9.17, 15) is 0 Å². The summed E-state index contributed by atoms with van der Waals surface area (Å²) < 4.78 is 0. The number of benzene rings is 3. The lowest BCUT2D eigenvalue weighted by molar-refractivity contribution is 0.422. The average molecular weight is 340 g/mol. The Kier molecular flexibility index (Phi) is 4.57. The van der Waals surface area contributed by atoms with E-state index >= 15 is 0 Å². The van der Waals surface area contributed by atoms with Crippen molar-refractivity contribution in [1.29, 1.82) is 0 Å². The Balaban J connectivity index is 1.94. The van der Waals surface area contributed by atoms with Gasteiger partial charge in [0, 0.05) is 13.5 Å². The van der Waals surface area contributed by atoms with Crippen LogP contribution < -0.4 is 0 Å². The van der Waals surface area contributed by atoms with Crippen molar-refractivity contribution in [2.75, 3.05) is 7.05 Å². The van der Waals surface area contributed by atoms with Gasteiger partial charge in [-0.05, 0) is 22.3 Å². The van der Waals surface area contributed by atoms with Crippen molar-refractivity contribution in [2.24, 2.45) is 4.99 Å². The summed E-state index contributed by atoms with van der Waals surface area (Å²) in [6.07, 6.45) is 0.914. The summed E-state index contributed by atoms with van der Waals surface area (Å²) in [7, 11) is 2.17. The zero-order chi connectivity index (χ0) is 17.9. The van der Waals surface area contributed by atoms with Gasteiger partial charge < -0.3 is 4.90 Å². The molecule has 130 valence electrons. The van der Waals surface area contributed by atoms with Crippen molar-refractivity contribution in [2.45, 2.75) is 25.4 Å². The summed E-state index contributed by atoms with van der Waals surface area (Å²) in [5, 5.41) is 0. The average Bonchev–Trinajstić information content (AvgIpc) is 2.83. The minimum Gasteiger partial charge on any atom is -0.352 e. The first-order valence-corrected chi connectivity index (χ1v) is 9.27. The molecule has 2 nitrogen and oxygen atoms in total. The fourth-order valence-electron chi connectivity index (χ4n) is 3.94. The molecule has 0 aromatic heterocycles. The van der Waals surface area contributed by atoms with Gasteiger partial charge in [-0.2, -0.15) is 0 Å². The van der Waals surface area contributed by atoms with Crippen molar-refractivity contribution in [1.82, 2.24) is 4.90 Å². The standard InChI is InChI=1S/C24H24N2/c1-3-22-25-23(18-12-6-4-7-13-18)20-16-10-11-17-21(20)24(26(22)2)19-14-8-5-9-15-19/h4-17,23-24H,3H2,1-2H3. The molecule has 0 amide bonds. The first-order chi connectivity index (χ1) is 12.8. The zero-order valence-corrected chi connectivity index (χ0v) is 15.3. The predicted molar refractivity (Wildman–Crippen MR) is 109 cm³/mol. The van der Waals surface area contributed by atoms with E-state index in [-0.39, 0.29) is 12.1 Å². The van der Waals surface area contributed by atoms with Crippen LogP contribution in [0.4, 0.5) is 0 Å². The first-order valence-electron chi connectivity index (χ1n) is 9.27. The van der Waals surface area contributed by atoms with Gasteiger partial charge in [0.1, 0.15) is 11.9 Å². The predicted octanol–water partition coefficient (Wildman–Crippen LogP) is 5.62. The highest BCUT2D eigenvalue weighted by Gasteiger charge is 2.30. The minimum atomic E-state index is 0.0403. The molecule has 0 radical (unpaired) electrons. The van der Waals surface area contributed by atoms with Gasteiger partial charge in [-0.1, -0.05) is 91.9 Å². The molecule has 2 heteroatoms. The van der Waals surface area contributed by atoms with E-state index in [0.29, 0.717) is 0 Å². The quantitative estimate of drug-likeness (QED) is 0.604. The lowest BCUT2D eigenvalue weighted by Crippen LogP contribution is -2.30. The number of hydrogen-bond donors (Lipinski definition) is 0. The van der Waals surface area contributed by atoms with Crippen LogP contribution >= 0.6 is 0 Å². The van der Waals surface area contributed by atoms with Gasteiger partial charge in [-0.15, -0.1) is 0 Å². The molecule has 1 aliphatic rings. The molecule has 0 bridgehead atoms. The van der Waals surface area contributed by atoms with Crippen molar-refractivity contribution in [3.63, 3.8) is 0 Å². The molecule has 0 fully saturated rings. The van der Waals surface area contributed by atoms with E-state index in [1.807, 2.05) is 0 Å². The fourth-order valence-corrected chi connectivity index (χ4v) is 3.94. The molecule has 26 heavy (non-hydrogen) atoms. The maximum absolute atomic E-state index is 5.20. The van der Waals surface area contributed by atoms with Gasteiger partial charge in [-0.3, -0.25) is 4.99 Å². The van der Waals surface area contributed by atoms with E-state index in [1.54, 1.807) is 0 Å². The van der Waals surface area contributed by atoms with E-state index < -0.39 is 0 Å². The molecule has 2 unspecified atom stereocenters. The Morgan fingerprint density at radius 2 is 1.27 bits per heavy atom. The van der Waals surface area contributed by atoms with E-state index in [4.69, 9.17) is 4.99 Å². The highest BCUT2D eigenvalue weighted by Crippen LogP contribution is 2.39. The Morgan fingerprint density at radius 3 is 1.88 bits per heavy atom. The molecule has 4 rings (SSSR count). The summed E-state index contributed by atoms with van der Waals surface area (Å²) in [6, 6.07) is 30.4. The molecule has 0 saturated heterocycles. The molecule has 1 aliphatic heterocycles. The molecule has 0 aliphatic carbocycles.